The first-order valence-electron chi connectivity index (χ1n) is 7.50. The number of nitrogen functional groups attached to an aromatic ring is 1. The molecule has 1 aromatic heterocycles. The molecule has 3 rings (SSSR count). The van der Waals surface area contributed by atoms with Gasteiger partial charge in [0, 0.05) is 24.6 Å². The number of nitrogens with zero attached hydrogens (tertiary/aromatic N) is 3. The second-order valence-corrected chi connectivity index (χ2v) is 5.86. The van der Waals surface area contributed by atoms with Crippen LogP contribution in [0.1, 0.15) is 46.1 Å². The number of benzene rings is 1. The van der Waals surface area contributed by atoms with Crippen molar-refractivity contribution < 1.29 is 9.21 Å². The zero-order chi connectivity index (χ0) is 15.7. The summed E-state index contributed by atoms with van der Waals surface area (Å²) in [4.78, 5) is 14.5. The molecule has 2 heterocycles. The van der Waals surface area contributed by atoms with Gasteiger partial charge in [0.1, 0.15) is 0 Å². The molecule has 0 unspecified atom stereocenters. The molecule has 6 nitrogen and oxygen atoms in total. The number of piperidine rings is 1. The lowest BCUT2D eigenvalue weighted by atomic mass is 9.95. The van der Waals surface area contributed by atoms with Crippen molar-refractivity contribution in [3.8, 4) is 0 Å². The van der Waals surface area contributed by atoms with Gasteiger partial charge >= 0.3 is 6.01 Å². The van der Waals surface area contributed by atoms with E-state index in [9.17, 15) is 4.79 Å². The van der Waals surface area contributed by atoms with Crippen LogP contribution < -0.4 is 5.73 Å². The fourth-order valence-electron chi connectivity index (χ4n) is 2.96. The molecule has 22 heavy (non-hydrogen) atoms. The number of aryl methyl sites for hydroxylation is 2. The highest BCUT2D eigenvalue weighted by Crippen LogP contribution is 2.28. The van der Waals surface area contributed by atoms with Gasteiger partial charge in [-0.25, -0.2) is 0 Å². The Balaban J connectivity index is 1.67. The van der Waals surface area contributed by atoms with Crippen LogP contribution in [0.5, 0.6) is 0 Å². The van der Waals surface area contributed by atoms with E-state index in [2.05, 4.69) is 10.2 Å². The third-order valence-electron chi connectivity index (χ3n) is 4.20. The van der Waals surface area contributed by atoms with Gasteiger partial charge in [-0.2, -0.15) is 0 Å². The lowest BCUT2D eigenvalue weighted by Gasteiger charge is -2.31. The van der Waals surface area contributed by atoms with E-state index in [1.54, 1.807) is 0 Å². The van der Waals surface area contributed by atoms with Crippen LogP contribution in [0.15, 0.2) is 22.6 Å². The van der Waals surface area contributed by atoms with Crippen LogP contribution in [-0.2, 0) is 0 Å². The third-order valence-corrected chi connectivity index (χ3v) is 4.20. The van der Waals surface area contributed by atoms with Gasteiger partial charge in [0.05, 0.1) is 0 Å². The van der Waals surface area contributed by atoms with E-state index in [1.165, 1.54) is 5.56 Å². The van der Waals surface area contributed by atoms with Crippen molar-refractivity contribution in [3.05, 3.63) is 40.8 Å². The van der Waals surface area contributed by atoms with Crippen LogP contribution >= 0.6 is 0 Å². The Morgan fingerprint density at radius 1 is 1.27 bits per heavy atom. The fraction of sp³-hybridized carbons (Fsp3) is 0.438. The van der Waals surface area contributed by atoms with Crippen molar-refractivity contribution in [2.75, 3.05) is 18.8 Å². The van der Waals surface area contributed by atoms with Gasteiger partial charge in [-0.15, -0.1) is 5.10 Å². The fourth-order valence-corrected chi connectivity index (χ4v) is 2.96. The van der Waals surface area contributed by atoms with Crippen LogP contribution in [0.25, 0.3) is 0 Å². The molecule has 0 spiro atoms. The normalized spacial score (nSPS) is 16.0. The Bertz CT molecular complexity index is 687. The first-order chi connectivity index (χ1) is 10.5. The van der Waals surface area contributed by atoms with E-state index in [4.69, 9.17) is 10.2 Å². The molecule has 0 radical (unpaired) electrons. The molecule has 1 aliphatic heterocycles. The molecule has 1 aromatic carbocycles. The van der Waals surface area contributed by atoms with Gasteiger partial charge in [0.2, 0.25) is 5.89 Å². The molecule has 2 aromatic rings. The maximum absolute atomic E-state index is 12.6. The molecule has 116 valence electrons. The minimum Gasteiger partial charge on any atom is -0.408 e. The van der Waals surface area contributed by atoms with Crippen molar-refractivity contribution in [1.82, 2.24) is 15.1 Å². The first kappa shape index (κ1) is 14.6. The summed E-state index contributed by atoms with van der Waals surface area (Å²) in [7, 11) is 0. The maximum atomic E-state index is 12.6. The second-order valence-electron chi connectivity index (χ2n) is 5.86. The lowest BCUT2D eigenvalue weighted by molar-refractivity contribution is 0.0705. The van der Waals surface area contributed by atoms with E-state index >= 15 is 0 Å². The predicted molar refractivity (Wildman–Crippen MR) is 82.5 cm³/mol. The van der Waals surface area contributed by atoms with Crippen molar-refractivity contribution in [2.45, 2.75) is 32.6 Å². The number of nitrogens with two attached hydrogens (primary N) is 1. The molecule has 6 heteroatoms. The van der Waals surface area contributed by atoms with Crippen LogP contribution in [0.3, 0.4) is 0 Å². The molecule has 0 aliphatic carbocycles. The molecule has 2 N–H and O–H groups in total. The summed E-state index contributed by atoms with van der Waals surface area (Å²) >= 11 is 0. The highest BCUT2D eigenvalue weighted by Gasteiger charge is 2.28. The molecule has 1 fully saturated rings. The maximum Gasteiger partial charge on any atom is 0.312 e. The van der Waals surface area contributed by atoms with E-state index in [1.807, 2.05) is 36.9 Å². The summed E-state index contributed by atoms with van der Waals surface area (Å²) in [5.74, 6) is 0.866. The number of likely N-dealkylation sites (tertiary alicyclic amines) is 1. The van der Waals surface area contributed by atoms with Crippen molar-refractivity contribution >= 4 is 11.9 Å². The number of carbonyl (C=O) groups is 1. The zero-order valence-corrected chi connectivity index (χ0v) is 12.9. The van der Waals surface area contributed by atoms with E-state index in [0.717, 1.165) is 24.0 Å². The highest BCUT2D eigenvalue weighted by molar-refractivity contribution is 5.95. The summed E-state index contributed by atoms with van der Waals surface area (Å²) < 4.78 is 5.29. The number of anilines is 1. The summed E-state index contributed by atoms with van der Waals surface area (Å²) in [6.45, 7) is 5.40. The van der Waals surface area contributed by atoms with Crippen molar-refractivity contribution in [1.29, 1.82) is 0 Å². The largest absolute Gasteiger partial charge is 0.408 e. The van der Waals surface area contributed by atoms with E-state index in [0.29, 0.717) is 19.0 Å². The second kappa shape index (κ2) is 5.79. The summed E-state index contributed by atoms with van der Waals surface area (Å²) in [6.07, 6.45) is 1.64. The average molecular weight is 300 g/mol. The van der Waals surface area contributed by atoms with Crippen LogP contribution in [0.2, 0.25) is 0 Å². The zero-order valence-electron chi connectivity index (χ0n) is 12.9. The number of carbonyl (C=O) groups excluding carboxylic acids is 1. The topological polar surface area (TPSA) is 85.2 Å². The lowest BCUT2D eigenvalue weighted by Crippen LogP contribution is -2.38. The molecular formula is C16H20N4O2. The highest BCUT2D eigenvalue weighted by atomic mass is 16.4. The third kappa shape index (κ3) is 2.81. The molecule has 1 aliphatic rings. The Morgan fingerprint density at radius 3 is 2.59 bits per heavy atom. The van der Waals surface area contributed by atoms with Crippen LogP contribution in [0, 0.1) is 13.8 Å². The molecule has 1 saturated heterocycles. The van der Waals surface area contributed by atoms with E-state index < -0.39 is 0 Å². The van der Waals surface area contributed by atoms with Gasteiger partial charge in [0.15, 0.2) is 0 Å². The number of aromatic nitrogens is 2. The Kier molecular flexibility index (Phi) is 3.83. The molecule has 1 amide bonds. The molecule has 0 atom stereocenters. The van der Waals surface area contributed by atoms with Crippen molar-refractivity contribution in [2.24, 2.45) is 0 Å². The molecular weight excluding hydrogens is 280 g/mol. The number of rotatable bonds is 2. The first-order valence-corrected chi connectivity index (χ1v) is 7.50. The van der Waals surface area contributed by atoms with Gasteiger partial charge in [-0.05, 0) is 38.3 Å². The van der Waals surface area contributed by atoms with Gasteiger partial charge in [-0.3, -0.25) is 4.79 Å². The van der Waals surface area contributed by atoms with Gasteiger partial charge in [0.25, 0.3) is 5.91 Å². The summed E-state index contributed by atoms with van der Waals surface area (Å²) in [5, 5.41) is 7.64. The SMILES string of the molecule is Cc1ccc(C(=O)N2CCC(c3nnc(N)o3)CC2)c(C)c1. The predicted octanol–water partition coefficient (Wildman–Crippen LogP) is 2.29. The molecule has 0 saturated carbocycles. The number of hydrogen-bond acceptors (Lipinski definition) is 5. The van der Waals surface area contributed by atoms with Crippen LogP contribution in [-0.4, -0.2) is 34.1 Å². The standard InChI is InChI=1S/C16H20N4O2/c1-10-3-4-13(11(2)9-10)15(21)20-7-5-12(6-8-20)14-18-19-16(17)22-14/h3-4,9,12H,5-8H2,1-2H3,(H2,17,19). The number of hydrogen-bond donors (Lipinski definition) is 1. The quantitative estimate of drug-likeness (QED) is 0.919. The number of amides is 1. The Hall–Kier alpha value is -2.37. The van der Waals surface area contributed by atoms with Gasteiger partial charge < -0.3 is 15.1 Å². The Labute approximate surface area is 129 Å². The van der Waals surface area contributed by atoms with Crippen molar-refractivity contribution in [3.63, 3.8) is 0 Å². The van der Waals surface area contributed by atoms with E-state index in [-0.39, 0.29) is 17.8 Å². The summed E-state index contributed by atoms with van der Waals surface area (Å²) in [5.41, 5.74) is 8.44. The van der Waals surface area contributed by atoms with Gasteiger partial charge in [-0.1, -0.05) is 22.8 Å². The molecule has 0 bridgehead atoms. The smallest absolute Gasteiger partial charge is 0.312 e. The monoisotopic (exact) mass is 300 g/mol. The average Bonchev–Trinajstić information content (AvgIpc) is 2.93. The summed E-state index contributed by atoms with van der Waals surface area (Å²) in [6, 6.07) is 6.04. The minimum absolute atomic E-state index is 0.0981. The Morgan fingerprint density at radius 2 is 2.00 bits per heavy atom. The minimum atomic E-state index is 0.0981. The van der Waals surface area contributed by atoms with Crippen LogP contribution in [0.4, 0.5) is 6.01 Å².